The SMILES string of the molecule is O=C1Nc2cc(F)ccc2OC1CN1CCNCC1. The summed E-state index contributed by atoms with van der Waals surface area (Å²) in [6.07, 6.45) is -0.531. The number of carbonyl (C=O) groups excluding carboxylic acids is 1. The lowest BCUT2D eigenvalue weighted by atomic mass is 10.2. The zero-order valence-corrected chi connectivity index (χ0v) is 10.5. The summed E-state index contributed by atoms with van der Waals surface area (Å²) in [4.78, 5) is 14.1. The van der Waals surface area contributed by atoms with Crippen LogP contribution in [0.15, 0.2) is 18.2 Å². The Morgan fingerprint density at radius 3 is 2.95 bits per heavy atom. The fourth-order valence-electron chi connectivity index (χ4n) is 2.37. The molecule has 0 bridgehead atoms. The van der Waals surface area contributed by atoms with Crippen LogP contribution in [0.5, 0.6) is 5.75 Å². The number of ether oxygens (including phenoxy) is 1. The predicted octanol–water partition coefficient (Wildman–Crippen LogP) is 0.430. The smallest absolute Gasteiger partial charge is 0.266 e. The van der Waals surface area contributed by atoms with Gasteiger partial charge in [0, 0.05) is 38.8 Å². The van der Waals surface area contributed by atoms with E-state index in [1.54, 1.807) is 6.07 Å². The minimum atomic E-state index is -0.531. The first-order valence-corrected chi connectivity index (χ1v) is 6.42. The van der Waals surface area contributed by atoms with Crippen LogP contribution in [0.1, 0.15) is 0 Å². The van der Waals surface area contributed by atoms with Gasteiger partial charge in [-0.2, -0.15) is 0 Å². The van der Waals surface area contributed by atoms with Crippen LogP contribution in [-0.4, -0.2) is 49.6 Å². The number of nitrogens with zero attached hydrogens (tertiary/aromatic N) is 1. The zero-order valence-electron chi connectivity index (χ0n) is 10.5. The molecule has 6 heteroatoms. The van der Waals surface area contributed by atoms with Crippen LogP contribution in [0.4, 0.5) is 10.1 Å². The van der Waals surface area contributed by atoms with Crippen molar-refractivity contribution in [2.45, 2.75) is 6.10 Å². The molecule has 0 saturated carbocycles. The summed E-state index contributed by atoms with van der Waals surface area (Å²) in [6.45, 7) is 4.23. The maximum atomic E-state index is 13.1. The Morgan fingerprint density at radius 1 is 1.37 bits per heavy atom. The number of hydrogen-bond acceptors (Lipinski definition) is 4. The van der Waals surface area contributed by atoms with Crippen molar-refractivity contribution in [2.24, 2.45) is 0 Å². The van der Waals surface area contributed by atoms with Gasteiger partial charge in [0.2, 0.25) is 0 Å². The van der Waals surface area contributed by atoms with Crippen LogP contribution in [-0.2, 0) is 4.79 Å². The van der Waals surface area contributed by atoms with Gasteiger partial charge in [0.1, 0.15) is 11.6 Å². The summed E-state index contributed by atoms with van der Waals surface area (Å²) in [5.74, 6) is -0.0685. The number of benzene rings is 1. The van der Waals surface area contributed by atoms with E-state index >= 15 is 0 Å². The molecule has 2 aliphatic heterocycles. The quantitative estimate of drug-likeness (QED) is 0.814. The predicted molar refractivity (Wildman–Crippen MR) is 68.8 cm³/mol. The number of amides is 1. The fourth-order valence-corrected chi connectivity index (χ4v) is 2.37. The normalized spacial score (nSPS) is 23.4. The molecule has 1 amide bonds. The van der Waals surface area contributed by atoms with Gasteiger partial charge in [-0.3, -0.25) is 9.69 Å². The van der Waals surface area contributed by atoms with E-state index in [0.717, 1.165) is 26.2 Å². The summed E-state index contributed by atoms with van der Waals surface area (Å²) < 4.78 is 18.7. The molecule has 2 aliphatic rings. The van der Waals surface area contributed by atoms with Gasteiger partial charge in [0.05, 0.1) is 5.69 Å². The first kappa shape index (κ1) is 12.4. The van der Waals surface area contributed by atoms with Gasteiger partial charge in [-0.25, -0.2) is 4.39 Å². The standard InChI is InChI=1S/C13H16FN3O2/c14-9-1-2-11-10(7-9)16-13(18)12(19-11)8-17-5-3-15-4-6-17/h1-2,7,12,15H,3-6,8H2,(H,16,18). The molecule has 1 saturated heterocycles. The second-order valence-corrected chi connectivity index (χ2v) is 4.79. The molecule has 0 spiro atoms. The van der Waals surface area contributed by atoms with Gasteiger partial charge in [0.15, 0.2) is 6.10 Å². The van der Waals surface area contributed by atoms with Crippen LogP contribution in [0.3, 0.4) is 0 Å². The summed E-state index contributed by atoms with van der Waals surface area (Å²) in [5.41, 5.74) is 0.404. The number of piperazine rings is 1. The highest BCUT2D eigenvalue weighted by Gasteiger charge is 2.29. The molecule has 5 nitrogen and oxygen atoms in total. The average molecular weight is 265 g/mol. The van der Waals surface area contributed by atoms with E-state index in [1.807, 2.05) is 0 Å². The number of carbonyl (C=O) groups is 1. The third-order valence-electron chi connectivity index (χ3n) is 3.39. The van der Waals surface area contributed by atoms with Crippen LogP contribution in [0.25, 0.3) is 0 Å². The molecule has 3 rings (SSSR count). The molecular weight excluding hydrogens is 249 g/mol. The molecule has 0 aliphatic carbocycles. The summed E-state index contributed by atoms with van der Waals surface area (Å²) in [6, 6.07) is 4.15. The molecule has 1 fully saturated rings. The minimum absolute atomic E-state index is 0.211. The number of rotatable bonds is 2. The molecule has 2 N–H and O–H groups in total. The number of nitrogens with one attached hydrogen (secondary N) is 2. The van der Waals surface area contributed by atoms with E-state index in [2.05, 4.69) is 15.5 Å². The molecular formula is C13H16FN3O2. The van der Waals surface area contributed by atoms with Crippen molar-refractivity contribution >= 4 is 11.6 Å². The van der Waals surface area contributed by atoms with E-state index in [1.165, 1.54) is 12.1 Å². The van der Waals surface area contributed by atoms with Crippen molar-refractivity contribution in [1.82, 2.24) is 10.2 Å². The number of hydrogen-bond donors (Lipinski definition) is 2. The molecule has 1 atom stereocenters. The molecule has 2 heterocycles. The van der Waals surface area contributed by atoms with Crippen LogP contribution >= 0.6 is 0 Å². The lowest BCUT2D eigenvalue weighted by Gasteiger charge is -2.32. The molecule has 1 unspecified atom stereocenters. The van der Waals surface area contributed by atoms with Gasteiger partial charge >= 0.3 is 0 Å². The maximum absolute atomic E-state index is 13.1. The highest BCUT2D eigenvalue weighted by atomic mass is 19.1. The van der Waals surface area contributed by atoms with Gasteiger partial charge in [-0.15, -0.1) is 0 Å². The third-order valence-corrected chi connectivity index (χ3v) is 3.39. The Labute approximate surface area is 110 Å². The molecule has 19 heavy (non-hydrogen) atoms. The third kappa shape index (κ3) is 2.69. The number of anilines is 1. The van der Waals surface area contributed by atoms with Crippen LogP contribution in [0, 0.1) is 5.82 Å². The minimum Gasteiger partial charge on any atom is -0.477 e. The first-order chi connectivity index (χ1) is 9.22. The maximum Gasteiger partial charge on any atom is 0.266 e. The Bertz CT molecular complexity index is 489. The van der Waals surface area contributed by atoms with Crippen molar-refractivity contribution in [2.75, 3.05) is 38.0 Å². The Hall–Kier alpha value is -1.66. The Kier molecular flexibility index (Phi) is 3.35. The lowest BCUT2D eigenvalue weighted by molar-refractivity contribution is -0.124. The Balaban J connectivity index is 1.70. The van der Waals surface area contributed by atoms with Gasteiger partial charge in [0.25, 0.3) is 5.91 Å². The van der Waals surface area contributed by atoms with E-state index in [9.17, 15) is 9.18 Å². The van der Waals surface area contributed by atoms with Gasteiger partial charge in [-0.1, -0.05) is 0 Å². The van der Waals surface area contributed by atoms with Crippen molar-refractivity contribution < 1.29 is 13.9 Å². The summed E-state index contributed by atoms with van der Waals surface area (Å²) in [5, 5.41) is 5.95. The van der Waals surface area contributed by atoms with Gasteiger partial charge < -0.3 is 15.4 Å². The number of halogens is 1. The van der Waals surface area contributed by atoms with Crippen molar-refractivity contribution in [1.29, 1.82) is 0 Å². The van der Waals surface area contributed by atoms with Gasteiger partial charge in [-0.05, 0) is 12.1 Å². The molecule has 102 valence electrons. The molecule has 0 aromatic heterocycles. The Morgan fingerprint density at radius 2 is 2.16 bits per heavy atom. The topological polar surface area (TPSA) is 53.6 Å². The molecule has 1 aromatic carbocycles. The summed E-state index contributed by atoms with van der Waals surface area (Å²) >= 11 is 0. The monoisotopic (exact) mass is 265 g/mol. The largest absolute Gasteiger partial charge is 0.477 e. The highest BCUT2D eigenvalue weighted by molar-refractivity contribution is 5.97. The second kappa shape index (κ2) is 5.14. The second-order valence-electron chi connectivity index (χ2n) is 4.79. The van der Waals surface area contributed by atoms with Crippen molar-refractivity contribution in [3.8, 4) is 5.75 Å². The fraction of sp³-hybridized carbons (Fsp3) is 0.462. The summed E-state index contributed by atoms with van der Waals surface area (Å²) in [7, 11) is 0. The zero-order chi connectivity index (χ0) is 13.2. The molecule has 0 radical (unpaired) electrons. The highest BCUT2D eigenvalue weighted by Crippen LogP contribution is 2.30. The molecule has 1 aromatic rings. The first-order valence-electron chi connectivity index (χ1n) is 6.42. The van der Waals surface area contributed by atoms with E-state index in [-0.39, 0.29) is 11.7 Å². The lowest BCUT2D eigenvalue weighted by Crippen LogP contribution is -2.51. The van der Waals surface area contributed by atoms with Crippen molar-refractivity contribution in [3.63, 3.8) is 0 Å². The van der Waals surface area contributed by atoms with Crippen molar-refractivity contribution in [3.05, 3.63) is 24.0 Å². The van der Waals surface area contributed by atoms with E-state index in [0.29, 0.717) is 18.0 Å². The van der Waals surface area contributed by atoms with E-state index < -0.39 is 6.10 Å². The van der Waals surface area contributed by atoms with E-state index in [4.69, 9.17) is 4.74 Å². The van der Waals surface area contributed by atoms with Crippen LogP contribution in [0.2, 0.25) is 0 Å². The average Bonchev–Trinajstić information content (AvgIpc) is 2.41. The van der Waals surface area contributed by atoms with Crippen LogP contribution < -0.4 is 15.4 Å². The number of fused-ring (bicyclic) bond motifs is 1.